The third-order valence-electron chi connectivity index (χ3n) is 4.64. The van der Waals surface area contributed by atoms with Gasteiger partial charge in [-0.1, -0.05) is 29.8 Å². The molecule has 1 saturated heterocycles. The van der Waals surface area contributed by atoms with Crippen LogP contribution in [0, 0.1) is 6.92 Å². The van der Waals surface area contributed by atoms with Gasteiger partial charge in [0.15, 0.2) is 0 Å². The van der Waals surface area contributed by atoms with Gasteiger partial charge in [-0.25, -0.2) is 4.79 Å². The molecule has 4 nitrogen and oxygen atoms in total. The summed E-state index contributed by atoms with van der Waals surface area (Å²) >= 11 is 0. The Kier molecular flexibility index (Phi) is 5.59. The van der Waals surface area contributed by atoms with Gasteiger partial charge in [0.05, 0.1) is 0 Å². The average molecular weight is 332 g/mol. The predicted molar refractivity (Wildman–Crippen MR) is 100 cm³/mol. The van der Waals surface area contributed by atoms with E-state index in [4.69, 9.17) is 0 Å². The average Bonchev–Trinajstić information content (AvgIpc) is 2.41. The molecular weight excluding hydrogens is 298 g/mol. The molecule has 0 aliphatic carbocycles. The lowest BCUT2D eigenvalue weighted by Crippen LogP contribution is -2.62. The highest BCUT2D eigenvalue weighted by Crippen LogP contribution is 2.28. The lowest BCUT2D eigenvalue weighted by Gasteiger charge is -2.46. The number of piperidine rings is 1. The van der Waals surface area contributed by atoms with E-state index in [1.54, 1.807) is 0 Å². The second kappa shape index (κ2) is 7.14. The van der Waals surface area contributed by atoms with Crippen molar-refractivity contribution in [1.82, 2.24) is 15.5 Å². The monoisotopic (exact) mass is 331 g/mol. The second-order valence-electron chi connectivity index (χ2n) is 8.45. The normalized spacial score (nSPS) is 19.8. The van der Waals surface area contributed by atoms with Gasteiger partial charge < -0.3 is 15.5 Å². The lowest BCUT2D eigenvalue weighted by molar-refractivity contribution is 0.138. The number of hydrogen-bond acceptors (Lipinski definition) is 2. The van der Waals surface area contributed by atoms with Crippen molar-refractivity contribution in [2.75, 3.05) is 6.54 Å². The third kappa shape index (κ3) is 5.23. The van der Waals surface area contributed by atoms with E-state index in [-0.39, 0.29) is 23.2 Å². The maximum atomic E-state index is 12.7. The molecule has 0 spiro atoms. The third-order valence-corrected chi connectivity index (χ3v) is 4.64. The van der Waals surface area contributed by atoms with Crippen LogP contribution in [0.2, 0.25) is 0 Å². The first kappa shape index (κ1) is 18.8. The molecule has 0 saturated carbocycles. The van der Waals surface area contributed by atoms with Crippen molar-refractivity contribution < 1.29 is 4.79 Å². The molecule has 4 heteroatoms. The van der Waals surface area contributed by atoms with Crippen molar-refractivity contribution in [3.8, 4) is 0 Å². The van der Waals surface area contributed by atoms with Crippen molar-refractivity contribution in [1.29, 1.82) is 0 Å². The summed E-state index contributed by atoms with van der Waals surface area (Å²) in [5.41, 5.74) is 2.48. The van der Waals surface area contributed by atoms with Gasteiger partial charge in [0, 0.05) is 30.2 Å². The van der Waals surface area contributed by atoms with Crippen molar-refractivity contribution in [3.05, 3.63) is 35.4 Å². The first-order valence-electron chi connectivity index (χ1n) is 9.00. The molecule has 0 bridgehead atoms. The van der Waals surface area contributed by atoms with E-state index in [9.17, 15) is 4.79 Å². The van der Waals surface area contributed by atoms with Crippen molar-refractivity contribution >= 4 is 6.03 Å². The Bertz CT molecular complexity index is 564. The van der Waals surface area contributed by atoms with Gasteiger partial charge >= 0.3 is 6.03 Å². The molecule has 2 N–H and O–H groups in total. The van der Waals surface area contributed by atoms with Gasteiger partial charge in [-0.15, -0.1) is 0 Å². The minimum atomic E-state index is 0.0350. The number of aryl methyl sites for hydroxylation is 1. The van der Waals surface area contributed by atoms with E-state index >= 15 is 0 Å². The first-order valence-corrected chi connectivity index (χ1v) is 9.00. The van der Waals surface area contributed by atoms with Crippen molar-refractivity contribution in [2.45, 2.75) is 78.0 Å². The molecule has 1 aromatic rings. The molecule has 134 valence electrons. The lowest BCUT2D eigenvalue weighted by atomic mass is 9.80. The van der Waals surface area contributed by atoms with Crippen LogP contribution in [0.25, 0.3) is 0 Å². The minimum absolute atomic E-state index is 0.0350. The fourth-order valence-electron chi connectivity index (χ4n) is 4.05. The highest BCUT2D eigenvalue weighted by atomic mass is 16.2. The Morgan fingerprint density at radius 3 is 2.42 bits per heavy atom. The Hall–Kier alpha value is -1.55. The molecule has 1 aromatic carbocycles. The van der Waals surface area contributed by atoms with Crippen LogP contribution in [-0.2, 0) is 6.54 Å². The highest BCUT2D eigenvalue weighted by molar-refractivity contribution is 5.74. The first-order chi connectivity index (χ1) is 11.1. The zero-order valence-corrected chi connectivity index (χ0v) is 16.1. The van der Waals surface area contributed by atoms with Crippen molar-refractivity contribution in [3.63, 3.8) is 0 Å². The van der Waals surface area contributed by atoms with E-state index in [0.29, 0.717) is 13.1 Å². The number of benzene rings is 1. The summed E-state index contributed by atoms with van der Waals surface area (Å²) in [5, 5.41) is 6.92. The number of urea groups is 1. The highest BCUT2D eigenvalue weighted by Gasteiger charge is 2.38. The van der Waals surface area contributed by atoms with Crippen LogP contribution in [0.4, 0.5) is 4.79 Å². The Morgan fingerprint density at radius 1 is 1.25 bits per heavy atom. The summed E-state index contributed by atoms with van der Waals surface area (Å²) in [6, 6.07) is 8.60. The van der Waals surface area contributed by atoms with E-state index in [2.05, 4.69) is 63.5 Å². The number of rotatable bonds is 4. The van der Waals surface area contributed by atoms with Crippen LogP contribution in [0.5, 0.6) is 0 Å². The number of nitrogens with zero attached hydrogens (tertiary/aromatic N) is 1. The topological polar surface area (TPSA) is 44.4 Å². The van der Waals surface area contributed by atoms with Gasteiger partial charge in [-0.3, -0.25) is 0 Å². The Balaban J connectivity index is 2.01. The fraction of sp³-hybridized carbons (Fsp3) is 0.650. The maximum absolute atomic E-state index is 12.7. The van der Waals surface area contributed by atoms with E-state index < -0.39 is 0 Å². The zero-order valence-electron chi connectivity index (χ0n) is 16.1. The molecule has 0 unspecified atom stereocenters. The zero-order chi connectivity index (χ0) is 18.0. The number of carbonyl (C=O) groups is 1. The Labute approximate surface area is 147 Å². The van der Waals surface area contributed by atoms with E-state index in [1.807, 2.05) is 17.9 Å². The largest absolute Gasteiger partial charge is 0.335 e. The van der Waals surface area contributed by atoms with Crippen LogP contribution in [-0.4, -0.2) is 34.6 Å². The molecule has 1 fully saturated rings. The standard InChI is InChI=1S/C20H33N3O/c1-7-23(14-16-10-8-9-15(2)11-16)18(24)21-17-12-19(3,4)22-20(5,6)13-17/h8-11,17,22H,7,12-14H2,1-6H3,(H,21,24). The van der Waals surface area contributed by atoms with Crippen LogP contribution in [0.15, 0.2) is 24.3 Å². The van der Waals surface area contributed by atoms with Gasteiger partial charge in [-0.2, -0.15) is 0 Å². The van der Waals surface area contributed by atoms with Crippen LogP contribution in [0.1, 0.15) is 58.6 Å². The van der Waals surface area contributed by atoms with Gasteiger partial charge in [0.1, 0.15) is 0 Å². The molecule has 2 amide bonds. The second-order valence-corrected chi connectivity index (χ2v) is 8.45. The summed E-state index contributed by atoms with van der Waals surface area (Å²) in [7, 11) is 0. The number of amides is 2. The summed E-state index contributed by atoms with van der Waals surface area (Å²) in [6.07, 6.45) is 1.90. The van der Waals surface area contributed by atoms with E-state index in [0.717, 1.165) is 12.8 Å². The summed E-state index contributed by atoms with van der Waals surface area (Å²) in [5.74, 6) is 0. The van der Waals surface area contributed by atoms with Gasteiger partial charge in [0.25, 0.3) is 0 Å². The molecule has 1 aliphatic rings. The van der Waals surface area contributed by atoms with Gasteiger partial charge in [0.2, 0.25) is 0 Å². The fourth-order valence-corrected chi connectivity index (χ4v) is 4.05. The molecule has 1 heterocycles. The molecule has 24 heavy (non-hydrogen) atoms. The smallest absolute Gasteiger partial charge is 0.317 e. The van der Waals surface area contributed by atoms with Crippen LogP contribution >= 0.6 is 0 Å². The van der Waals surface area contributed by atoms with E-state index in [1.165, 1.54) is 11.1 Å². The maximum Gasteiger partial charge on any atom is 0.317 e. The molecule has 0 radical (unpaired) electrons. The van der Waals surface area contributed by atoms with Crippen molar-refractivity contribution in [2.24, 2.45) is 0 Å². The van der Waals surface area contributed by atoms with Gasteiger partial charge in [-0.05, 0) is 59.9 Å². The quantitative estimate of drug-likeness (QED) is 0.880. The summed E-state index contributed by atoms with van der Waals surface area (Å²) in [6.45, 7) is 14.3. The molecular formula is C20H33N3O. The Morgan fingerprint density at radius 2 is 1.88 bits per heavy atom. The van der Waals surface area contributed by atoms with Crippen LogP contribution < -0.4 is 10.6 Å². The SMILES string of the molecule is CCN(Cc1cccc(C)c1)C(=O)NC1CC(C)(C)NC(C)(C)C1. The number of hydrogen-bond donors (Lipinski definition) is 2. The summed E-state index contributed by atoms with van der Waals surface area (Å²) < 4.78 is 0. The molecule has 2 rings (SSSR count). The predicted octanol–water partition coefficient (Wildman–Crippen LogP) is 3.84. The molecule has 0 atom stereocenters. The van der Waals surface area contributed by atoms with Crippen LogP contribution in [0.3, 0.4) is 0 Å². The summed E-state index contributed by atoms with van der Waals surface area (Å²) in [4.78, 5) is 14.6. The number of nitrogens with one attached hydrogen (secondary N) is 2. The minimum Gasteiger partial charge on any atom is -0.335 e. The molecule has 0 aromatic heterocycles. The molecule has 1 aliphatic heterocycles. The number of carbonyl (C=O) groups excluding carboxylic acids is 1.